The van der Waals surface area contributed by atoms with Crippen LogP contribution >= 0.6 is 0 Å². The van der Waals surface area contributed by atoms with E-state index in [4.69, 9.17) is 5.73 Å². The van der Waals surface area contributed by atoms with Crippen LogP contribution in [0.3, 0.4) is 0 Å². The number of amides is 1. The number of likely N-dealkylation sites (tertiary alicyclic amines) is 1. The standard InChI is InChI=1S/C17H23F3N2O2/c1-12(21)14-8-10-22(11-9-14)16(23)7-4-13-2-5-15(6-3-13)24-17(18,19)20/h2-3,5-6,12,14H,4,7-11,21H2,1H3. The van der Waals surface area contributed by atoms with E-state index in [0.29, 0.717) is 18.8 Å². The molecule has 1 heterocycles. The molecule has 2 N–H and O–H groups in total. The predicted molar refractivity (Wildman–Crippen MR) is 84.4 cm³/mol. The molecule has 4 nitrogen and oxygen atoms in total. The Bertz CT molecular complexity index is 536. The van der Waals surface area contributed by atoms with E-state index in [9.17, 15) is 18.0 Å². The van der Waals surface area contributed by atoms with Gasteiger partial charge in [-0.05, 0) is 49.8 Å². The lowest BCUT2D eigenvalue weighted by atomic mass is 9.91. The number of alkyl halides is 3. The second-order valence-corrected chi connectivity index (χ2v) is 6.27. The maximum atomic E-state index is 12.2. The molecule has 7 heteroatoms. The molecule has 0 spiro atoms. The molecular formula is C17H23F3N2O2. The van der Waals surface area contributed by atoms with Crippen LogP contribution in [-0.4, -0.2) is 36.3 Å². The molecule has 1 unspecified atom stereocenters. The quantitative estimate of drug-likeness (QED) is 0.893. The van der Waals surface area contributed by atoms with Gasteiger partial charge in [0.05, 0.1) is 0 Å². The molecule has 1 aliphatic rings. The van der Waals surface area contributed by atoms with Crippen molar-refractivity contribution < 1.29 is 22.7 Å². The molecule has 1 atom stereocenters. The second-order valence-electron chi connectivity index (χ2n) is 6.27. The summed E-state index contributed by atoms with van der Waals surface area (Å²) in [6.45, 7) is 3.45. The molecule has 0 aliphatic carbocycles. The van der Waals surface area contributed by atoms with E-state index in [1.54, 1.807) is 12.1 Å². The number of ether oxygens (including phenoxy) is 1. The number of nitrogens with zero attached hydrogens (tertiary/aromatic N) is 1. The van der Waals surface area contributed by atoms with Crippen LogP contribution < -0.4 is 10.5 Å². The lowest BCUT2D eigenvalue weighted by Crippen LogP contribution is -2.42. The number of benzene rings is 1. The molecule has 0 radical (unpaired) electrons. The summed E-state index contributed by atoms with van der Waals surface area (Å²) in [5.41, 5.74) is 6.70. The van der Waals surface area contributed by atoms with E-state index >= 15 is 0 Å². The number of hydrogen-bond donors (Lipinski definition) is 1. The number of rotatable bonds is 5. The summed E-state index contributed by atoms with van der Waals surface area (Å²) in [6.07, 6.45) is -1.99. The van der Waals surface area contributed by atoms with Gasteiger partial charge in [-0.15, -0.1) is 13.2 Å². The average Bonchev–Trinajstić information content (AvgIpc) is 2.52. The lowest BCUT2D eigenvalue weighted by molar-refractivity contribution is -0.274. The van der Waals surface area contributed by atoms with E-state index in [-0.39, 0.29) is 17.7 Å². The molecule has 1 amide bonds. The van der Waals surface area contributed by atoms with Crippen molar-refractivity contribution in [2.45, 2.75) is 45.0 Å². The van der Waals surface area contributed by atoms with Gasteiger partial charge >= 0.3 is 6.36 Å². The van der Waals surface area contributed by atoms with Crippen molar-refractivity contribution in [1.29, 1.82) is 0 Å². The largest absolute Gasteiger partial charge is 0.573 e. The molecule has 2 rings (SSSR count). The van der Waals surface area contributed by atoms with Gasteiger partial charge in [-0.1, -0.05) is 12.1 Å². The van der Waals surface area contributed by atoms with E-state index in [1.807, 2.05) is 11.8 Å². The van der Waals surface area contributed by atoms with Gasteiger partial charge in [0.15, 0.2) is 0 Å². The third-order valence-electron chi connectivity index (χ3n) is 4.42. The highest BCUT2D eigenvalue weighted by atomic mass is 19.4. The van der Waals surface area contributed by atoms with Crippen LogP contribution in [0.5, 0.6) is 5.75 Å². The molecule has 0 aromatic heterocycles. The highest BCUT2D eigenvalue weighted by molar-refractivity contribution is 5.76. The molecule has 1 aliphatic heterocycles. The molecule has 24 heavy (non-hydrogen) atoms. The highest BCUT2D eigenvalue weighted by Gasteiger charge is 2.31. The zero-order valence-corrected chi connectivity index (χ0v) is 13.7. The van der Waals surface area contributed by atoms with Crippen LogP contribution in [-0.2, 0) is 11.2 Å². The maximum absolute atomic E-state index is 12.2. The Morgan fingerprint density at radius 3 is 2.38 bits per heavy atom. The second kappa shape index (κ2) is 7.88. The Morgan fingerprint density at radius 2 is 1.88 bits per heavy atom. The molecule has 0 saturated carbocycles. The van der Waals surface area contributed by atoms with Crippen LogP contribution in [0, 0.1) is 5.92 Å². The minimum atomic E-state index is -4.69. The fourth-order valence-corrected chi connectivity index (χ4v) is 2.94. The summed E-state index contributed by atoms with van der Waals surface area (Å²) in [6, 6.07) is 5.79. The Labute approximate surface area is 139 Å². The number of hydrogen-bond acceptors (Lipinski definition) is 3. The normalized spacial score (nSPS) is 17.6. The molecular weight excluding hydrogens is 321 g/mol. The predicted octanol–water partition coefficient (Wildman–Crippen LogP) is 3.10. The zero-order chi connectivity index (χ0) is 17.7. The SMILES string of the molecule is CC(N)C1CCN(C(=O)CCc2ccc(OC(F)(F)F)cc2)CC1. The first-order valence-electron chi connectivity index (χ1n) is 8.12. The Kier molecular flexibility index (Phi) is 6.10. The van der Waals surface area contributed by atoms with Gasteiger partial charge < -0.3 is 15.4 Å². The van der Waals surface area contributed by atoms with Crippen molar-refractivity contribution in [3.05, 3.63) is 29.8 Å². The van der Waals surface area contributed by atoms with Crippen LogP contribution in [0.1, 0.15) is 31.7 Å². The molecule has 1 saturated heterocycles. The Balaban J connectivity index is 1.78. The number of halogens is 3. The van der Waals surface area contributed by atoms with Crippen molar-refractivity contribution in [3.8, 4) is 5.75 Å². The van der Waals surface area contributed by atoms with E-state index < -0.39 is 6.36 Å². The molecule has 1 aromatic carbocycles. The number of carbonyl (C=O) groups excluding carboxylic acids is 1. The first-order chi connectivity index (χ1) is 11.2. The topological polar surface area (TPSA) is 55.6 Å². The zero-order valence-electron chi connectivity index (χ0n) is 13.7. The van der Waals surface area contributed by atoms with Crippen LogP contribution in [0.15, 0.2) is 24.3 Å². The summed E-state index contributed by atoms with van der Waals surface area (Å²) in [5, 5.41) is 0. The number of aryl methyl sites for hydroxylation is 1. The van der Waals surface area contributed by atoms with E-state index in [1.165, 1.54) is 12.1 Å². The van der Waals surface area contributed by atoms with Crippen molar-refractivity contribution >= 4 is 5.91 Å². The van der Waals surface area contributed by atoms with Gasteiger partial charge in [-0.25, -0.2) is 0 Å². The number of carbonyl (C=O) groups is 1. The summed E-state index contributed by atoms with van der Waals surface area (Å²) in [5.74, 6) is 0.291. The third-order valence-corrected chi connectivity index (χ3v) is 4.42. The van der Waals surface area contributed by atoms with Gasteiger partial charge in [-0.3, -0.25) is 4.79 Å². The van der Waals surface area contributed by atoms with Crippen molar-refractivity contribution in [3.63, 3.8) is 0 Å². The smallest absolute Gasteiger partial charge is 0.406 e. The first kappa shape index (κ1) is 18.6. The number of nitrogens with two attached hydrogens (primary N) is 1. The Hall–Kier alpha value is -1.76. The van der Waals surface area contributed by atoms with Crippen LogP contribution in [0.25, 0.3) is 0 Å². The van der Waals surface area contributed by atoms with Crippen LogP contribution in [0.4, 0.5) is 13.2 Å². The maximum Gasteiger partial charge on any atom is 0.573 e. The molecule has 0 bridgehead atoms. The summed E-state index contributed by atoms with van der Waals surface area (Å²) < 4.78 is 40.1. The van der Waals surface area contributed by atoms with Gasteiger partial charge in [0.1, 0.15) is 5.75 Å². The molecule has 1 aromatic rings. The van der Waals surface area contributed by atoms with Crippen LogP contribution in [0.2, 0.25) is 0 Å². The molecule has 1 fully saturated rings. The van der Waals surface area contributed by atoms with Crippen molar-refractivity contribution in [1.82, 2.24) is 4.90 Å². The highest BCUT2D eigenvalue weighted by Crippen LogP contribution is 2.23. The van der Waals surface area contributed by atoms with Crippen molar-refractivity contribution in [2.75, 3.05) is 13.1 Å². The van der Waals surface area contributed by atoms with Gasteiger partial charge in [0, 0.05) is 25.6 Å². The molecule has 134 valence electrons. The average molecular weight is 344 g/mol. The third kappa shape index (κ3) is 5.70. The lowest BCUT2D eigenvalue weighted by Gasteiger charge is -2.33. The fourth-order valence-electron chi connectivity index (χ4n) is 2.94. The van der Waals surface area contributed by atoms with Gasteiger partial charge in [0.2, 0.25) is 5.91 Å². The minimum Gasteiger partial charge on any atom is -0.406 e. The Morgan fingerprint density at radius 1 is 1.29 bits per heavy atom. The summed E-state index contributed by atoms with van der Waals surface area (Å²) >= 11 is 0. The van der Waals surface area contributed by atoms with E-state index in [2.05, 4.69) is 4.74 Å². The number of piperidine rings is 1. The minimum absolute atomic E-state index is 0.0775. The van der Waals surface area contributed by atoms with Crippen molar-refractivity contribution in [2.24, 2.45) is 11.7 Å². The fraction of sp³-hybridized carbons (Fsp3) is 0.588. The summed E-state index contributed by atoms with van der Waals surface area (Å²) in [4.78, 5) is 14.1. The van der Waals surface area contributed by atoms with Gasteiger partial charge in [0.25, 0.3) is 0 Å². The monoisotopic (exact) mass is 344 g/mol. The summed E-state index contributed by atoms with van der Waals surface area (Å²) in [7, 11) is 0. The van der Waals surface area contributed by atoms with Gasteiger partial charge in [-0.2, -0.15) is 0 Å². The first-order valence-corrected chi connectivity index (χ1v) is 8.12. The van der Waals surface area contributed by atoms with E-state index in [0.717, 1.165) is 31.5 Å².